The van der Waals surface area contributed by atoms with E-state index in [0.29, 0.717) is 31.2 Å². The zero-order chi connectivity index (χ0) is 14.2. The lowest BCUT2D eigenvalue weighted by Crippen LogP contribution is -2.27. The fourth-order valence-electron chi connectivity index (χ4n) is 1.66. The summed E-state index contributed by atoms with van der Waals surface area (Å²) in [7, 11) is 0. The number of hydrogen-bond acceptors (Lipinski definition) is 3. The molecule has 1 aromatic heterocycles. The van der Waals surface area contributed by atoms with Gasteiger partial charge in [0, 0.05) is 18.6 Å². The van der Waals surface area contributed by atoms with E-state index in [1.165, 1.54) is 0 Å². The Morgan fingerprint density at radius 2 is 2.10 bits per heavy atom. The Kier molecular flexibility index (Phi) is 5.58. The lowest BCUT2D eigenvalue weighted by atomic mass is 10.3. The lowest BCUT2D eigenvalue weighted by Gasteiger charge is -2.03. The van der Waals surface area contributed by atoms with Crippen molar-refractivity contribution in [1.29, 1.82) is 0 Å². The molecular formula is C14H16ClN3O2. The first kappa shape index (κ1) is 14.6. The van der Waals surface area contributed by atoms with E-state index in [0.717, 1.165) is 5.69 Å². The van der Waals surface area contributed by atoms with Gasteiger partial charge in [-0.3, -0.25) is 4.79 Å². The molecule has 0 saturated carbocycles. The van der Waals surface area contributed by atoms with E-state index in [1.807, 2.05) is 30.3 Å². The monoisotopic (exact) mass is 293 g/mol. The van der Waals surface area contributed by atoms with Gasteiger partial charge >= 0.3 is 0 Å². The van der Waals surface area contributed by atoms with Crippen LogP contribution >= 0.6 is 11.6 Å². The smallest absolute Gasteiger partial charge is 0.254 e. The van der Waals surface area contributed by atoms with Gasteiger partial charge in [0.2, 0.25) is 0 Å². The minimum absolute atomic E-state index is 0.165. The fraction of sp³-hybridized carbons (Fsp3) is 0.286. The first-order chi connectivity index (χ1) is 9.81. The number of alkyl halides is 1. The average Bonchev–Trinajstić information content (AvgIpc) is 2.98. The quantitative estimate of drug-likeness (QED) is 0.626. The molecule has 106 valence electrons. The van der Waals surface area contributed by atoms with Crippen LogP contribution in [-0.4, -0.2) is 41.3 Å². The first-order valence-electron chi connectivity index (χ1n) is 6.33. The molecule has 1 heterocycles. The summed E-state index contributed by atoms with van der Waals surface area (Å²) in [6.07, 6.45) is 3.24. The van der Waals surface area contributed by atoms with Crippen LogP contribution in [0.25, 0.3) is 5.69 Å². The SMILES string of the molecule is O=C(NCCOCCCl)c1cnn(-c2ccccc2)c1. The molecule has 0 bridgehead atoms. The molecule has 1 N–H and O–H groups in total. The van der Waals surface area contributed by atoms with Crippen molar-refractivity contribution in [3.63, 3.8) is 0 Å². The normalized spacial score (nSPS) is 10.4. The second-order valence-electron chi connectivity index (χ2n) is 4.07. The van der Waals surface area contributed by atoms with Crippen LogP contribution in [0.4, 0.5) is 0 Å². The molecule has 5 nitrogen and oxygen atoms in total. The molecular weight excluding hydrogens is 278 g/mol. The molecule has 0 fully saturated rings. The van der Waals surface area contributed by atoms with Gasteiger partial charge in [-0.25, -0.2) is 4.68 Å². The molecule has 0 spiro atoms. The summed E-state index contributed by atoms with van der Waals surface area (Å²) < 4.78 is 6.84. The fourth-order valence-corrected chi connectivity index (χ4v) is 1.77. The number of nitrogens with zero attached hydrogens (tertiary/aromatic N) is 2. The molecule has 20 heavy (non-hydrogen) atoms. The Bertz CT molecular complexity index is 542. The number of nitrogens with one attached hydrogen (secondary N) is 1. The van der Waals surface area contributed by atoms with Crippen LogP contribution < -0.4 is 5.32 Å². The summed E-state index contributed by atoms with van der Waals surface area (Å²) in [4.78, 5) is 11.9. The third-order valence-electron chi connectivity index (χ3n) is 2.62. The summed E-state index contributed by atoms with van der Waals surface area (Å²) in [5.41, 5.74) is 1.43. The Morgan fingerprint density at radius 1 is 1.30 bits per heavy atom. The van der Waals surface area contributed by atoms with Crippen LogP contribution in [-0.2, 0) is 4.74 Å². The van der Waals surface area contributed by atoms with Crippen LogP contribution in [0.15, 0.2) is 42.7 Å². The topological polar surface area (TPSA) is 56.1 Å². The number of hydrogen-bond donors (Lipinski definition) is 1. The molecule has 0 aliphatic rings. The summed E-state index contributed by atoms with van der Waals surface area (Å²) in [6, 6.07) is 9.63. The second kappa shape index (κ2) is 7.67. The highest BCUT2D eigenvalue weighted by Crippen LogP contribution is 2.07. The molecule has 1 aromatic carbocycles. The summed E-state index contributed by atoms with van der Waals surface area (Å²) in [6.45, 7) is 1.39. The Hall–Kier alpha value is -1.85. The van der Waals surface area contributed by atoms with Crippen molar-refractivity contribution < 1.29 is 9.53 Å². The molecule has 0 aliphatic carbocycles. The average molecular weight is 294 g/mol. The van der Waals surface area contributed by atoms with Gasteiger partial charge in [-0.1, -0.05) is 18.2 Å². The van der Waals surface area contributed by atoms with Crippen molar-refractivity contribution in [3.8, 4) is 5.69 Å². The van der Waals surface area contributed by atoms with E-state index < -0.39 is 0 Å². The van der Waals surface area contributed by atoms with Crippen molar-refractivity contribution in [2.75, 3.05) is 25.6 Å². The van der Waals surface area contributed by atoms with Crippen LogP contribution in [0, 0.1) is 0 Å². The lowest BCUT2D eigenvalue weighted by molar-refractivity contribution is 0.0923. The summed E-state index contributed by atoms with van der Waals surface area (Å²) >= 11 is 5.48. The highest BCUT2D eigenvalue weighted by molar-refractivity contribution is 6.17. The third-order valence-corrected chi connectivity index (χ3v) is 2.77. The van der Waals surface area contributed by atoms with E-state index in [4.69, 9.17) is 16.3 Å². The molecule has 1 amide bonds. The minimum atomic E-state index is -0.165. The van der Waals surface area contributed by atoms with E-state index in [9.17, 15) is 4.79 Å². The Labute approximate surface area is 122 Å². The van der Waals surface area contributed by atoms with Crippen LogP contribution in [0.5, 0.6) is 0 Å². The number of benzene rings is 1. The van der Waals surface area contributed by atoms with E-state index in [-0.39, 0.29) is 5.91 Å². The number of aromatic nitrogens is 2. The molecule has 0 radical (unpaired) electrons. The van der Waals surface area contributed by atoms with Crippen molar-refractivity contribution in [1.82, 2.24) is 15.1 Å². The highest BCUT2D eigenvalue weighted by atomic mass is 35.5. The van der Waals surface area contributed by atoms with Crippen molar-refractivity contribution in [2.45, 2.75) is 0 Å². The molecule has 0 saturated heterocycles. The molecule has 0 atom stereocenters. The van der Waals surface area contributed by atoms with E-state index >= 15 is 0 Å². The maximum Gasteiger partial charge on any atom is 0.254 e. The highest BCUT2D eigenvalue weighted by Gasteiger charge is 2.08. The van der Waals surface area contributed by atoms with Crippen LogP contribution in [0.2, 0.25) is 0 Å². The van der Waals surface area contributed by atoms with Crippen molar-refractivity contribution >= 4 is 17.5 Å². The molecule has 2 rings (SSSR count). The number of carbonyl (C=O) groups excluding carboxylic acids is 1. The van der Waals surface area contributed by atoms with Gasteiger partial charge in [0.25, 0.3) is 5.91 Å². The number of halogens is 1. The number of rotatable bonds is 7. The molecule has 2 aromatic rings. The largest absolute Gasteiger partial charge is 0.378 e. The van der Waals surface area contributed by atoms with Gasteiger partial charge in [0.05, 0.1) is 30.7 Å². The summed E-state index contributed by atoms with van der Waals surface area (Å²) in [5.74, 6) is 0.291. The number of ether oxygens (including phenoxy) is 1. The van der Waals surface area contributed by atoms with Gasteiger partial charge in [-0.15, -0.1) is 11.6 Å². The van der Waals surface area contributed by atoms with Gasteiger partial charge in [0.15, 0.2) is 0 Å². The molecule has 0 unspecified atom stereocenters. The number of amides is 1. The predicted molar refractivity (Wildman–Crippen MR) is 77.4 cm³/mol. The maximum absolute atomic E-state index is 11.9. The second-order valence-corrected chi connectivity index (χ2v) is 4.44. The Morgan fingerprint density at radius 3 is 2.85 bits per heavy atom. The van der Waals surface area contributed by atoms with Crippen molar-refractivity contribution in [2.24, 2.45) is 0 Å². The standard InChI is InChI=1S/C14H16ClN3O2/c15-6-8-20-9-7-16-14(19)12-10-17-18(11-12)13-4-2-1-3-5-13/h1-5,10-11H,6-9H2,(H,16,19). The third kappa shape index (κ3) is 4.08. The van der Waals surface area contributed by atoms with E-state index in [1.54, 1.807) is 17.1 Å². The van der Waals surface area contributed by atoms with Gasteiger partial charge in [-0.2, -0.15) is 5.10 Å². The molecule has 6 heteroatoms. The maximum atomic E-state index is 11.9. The van der Waals surface area contributed by atoms with Crippen LogP contribution in [0.1, 0.15) is 10.4 Å². The number of carbonyl (C=O) groups is 1. The Balaban J connectivity index is 1.87. The van der Waals surface area contributed by atoms with E-state index in [2.05, 4.69) is 10.4 Å². The molecule has 0 aliphatic heterocycles. The minimum Gasteiger partial charge on any atom is -0.378 e. The van der Waals surface area contributed by atoms with Gasteiger partial charge in [-0.05, 0) is 12.1 Å². The summed E-state index contributed by atoms with van der Waals surface area (Å²) in [5, 5.41) is 6.93. The van der Waals surface area contributed by atoms with Crippen LogP contribution in [0.3, 0.4) is 0 Å². The zero-order valence-electron chi connectivity index (χ0n) is 11.0. The van der Waals surface area contributed by atoms with Gasteiger partial charge < -0.3 is 10.1 Å². The first-order valence-corrected chi connectivity index (χ1v) is 6.86. The number of para-hydroxylation sites is 1. The van der Waals surface area contributed by atoms with Crippen molar-refractivity contribution in [3.05, 3.63) is 48.3 Å². The predicted octanol–water partition coefficient (Wildman–Crippen LogP) is 1.86. The van der Waals surface area contributed by atoms with Gasteiger partial charge in [0.1, 0.15) is 0 Å². The zero-order valence-corrected chi connectivity index (χ0v) is 11.7.